The van der Waals surface area contributed by atoms with Crippen molar-refractivity contribution in [3.05, 3.63) is 76.4 Å². The number of carbonyl (C=O) groups excluding carboxylic acids is 3. The van der Waals surface area contributed by atoms with Crippen LogP contribution in [-0.4, -0.2) is 28.5 Å². The molecule has 5 nitrogen and oxygen atoms in total. The lowest BCUT2D eigenvalue weighted by molar-refractivity contribution is -0.127. The number of hydrogen-bond acceptors (Lipinski definition) is 4. The van der Waals surface area contributed by atoms with Gasteiger partial charge in [-0.15, -0.1) is 0 Å². The zero-order valence-corrected chi connectivity index (χ0v) is 14.9. The van der Waals surface area contributed by atoms with Gasteiger partial charge in [0.25, 0.3) is 0 Å². The van der Waals surface area contributed by atoms with Crippen LogP contribution < -0.4 is 5.32 Å². The second-order valence-corrected chi connectivity index (χ2v) is 7.49. The number of carbonyl (C=O) groups is 3. The van der Waals surface area contributed by atoms with Crippen LogP contribution in [-0.2, 0) is 9.59 Å². The van der Waals surface area contributed by atoms with E-state index in [1.165, 1.54) is 0 Å². The Morgan fingerprint density at radius 2 is 1.67 bits per heavy atom. The number of hydrogen-bond donors (Lipinski definition) is 1. The van der Waals surface area contributed by atoms with Gasteiger partial charge in [0.15, 0.2) is 5.78 Å². The number of halogens is 1. The first kappa shape index (κ1) is 16.3. The van der Waals surface area contributed by atoms with Gasteiger partial charge in [-0.25, -0.2) is 0 Å². The van der Waals surface area contributed by atoms with Crippen LogP contribution in [0, 0.1) is 11.8 Å². The zero-order valence-electron chi connectivity index (χ0n) is 14.1. The van der Waals surface area contributed by atoms with Crippen LogP contribution in [0.25, 0.3) is 6.08 Å². The molecule has 134 valence electrons. The lowest BCUT2D eigenvalue weighted by Gasteiger charge is -2.34. The molecule has 2 aromatic rings. The first-order valence-corrected chi connectivity index (χ1v) is 9.13. The maximum atomic E-state index is 13.3. The Morgan fingerprint density at radius 3 is 2.44 bits per heavy atom. The van der Waals surface area contributed by atoms with E-state index in [9.17, 15) is 14.4 Å². The molecule has 2 saturated heterocycles. The second kappa shape index (κ2) is 5.79. The number of nitrogens with zero attached hydrogens (tertiary/aromatic N) is 1. The van der Waals surface area contributed by atoms with Gasteiger partial charge < -0.3 is 4.90 Å². The van der Waals surface area contributed by atoms with Crippen LogP contribution in [0.1, 0.15) is 27.5 Å². The lowest BCUT2D eigenvalue weighted by atomic mass is 9.83. The molecule has 0 saturated carbocycles. The van der Waals surface area contributed by atoms with Crippen molar-refractivity contribution in [3.63, 3.8) is 0 Å². The predicted octanol–water partition coefficient (Wildman–Crippen LogP) is 2.82. The monoisotopic (exact) mass is 378 g/mol. The molecule has 0 aromatic heterocycles. The highest BCUT2D eigenvalue weighted by molar-refractivity contribution is 6.30. The Hall–Kier alpha value is -2.92. The molecule has 1 N–H and O–H groups in total. The van der Waals surface area contributed by atoms with E-state index in [0.29, 0.717) is 10.6 Å². The van der Waals surface area contributed by atoms with E-state index in [0.717, 1.165) is 11.1 Å². The van der Waals surface area contributed by atoms with Gasteiger partial charge in [0.05, 0.1) is 17.9 Å². The van der Waals surface area contributed by atoms with Crippen molar-refractivity contribution in [2.24, 2.45) is 11.8 Å². The predicted molar refractivity (Wildman–Crippen MR) is 99.8 cm³/mol. The van der Waals surface area contributed by atoms with Crippen LogP contribution in [0.3, 0.4) is 0 Å². The van der Waals surface area contributed by atoms with Crippen molar-refractivity contribution in [1.82, 2.24) is 10.2 Å². The summed E-state index contributed by atoms with van der Waals surface area (Å²) in [5, 5.41) is 2.96. The first-order chi connectivity index (χ1) is 13.1. The van der Waals surface area contributed by atoms with Crippen molar-refractivity contribution < 1.29 is 14.4 Å². The summed E-state index contributed by atoms with van der Waals surface area (Å²) in [6.45, 7) is 0. The Balaban J connectivity index is 1.64. The minimum absolute atomic E-state index is 0.182. The molecule has 3 aliphatic rings. The molecule has 2 aromatic carbocycles. The summed E-state index contributed by atoms with van der Waals surface area (Å²) in [6, 6.07) is 13.3. The summed E-state index contributed by atoms with van der Waals surface area (Å²) in [7, 11) is 0. The fourth-order valence-corrected chi connectivity index (χ4v) is 4.69. The van der Waals surface area contributed by atoms with Gasteiger partial charge >= 0.3 is 0 Å². The molecule has 6 heteroatoms. The van der Waals surface area contributed by atoms with E-state index in [1.54, 1.807) is 24.3 Å². The zero-order chi connectivity index (χ0) is 18.7. The molecule has 2 fully saturated rings. The average molecular weight is 379 g/mol. The number of imide groups is 1. The summed E-state index contributed by atoms with van der Waals surface area (Å²) < 4.78 is 0. The SMILES string of the molecule is O=C1NC(=O)[C@H]2[C@@H]1[C@H](C(=O)c1ccc(Cl)cc1)N1C=Cc3ccccc3[C@H]21. The largest absolute Gasteiger partial charge is 0.358 e. The van der Waals surface area contributed by atoms with Crippen molar-refractivity contribution in [3.8, 4) is 0 Å². The maximum absolute atomic E-state index is 13.3. The van der Waals surface area contributed by atoms with Gasteiger partial charge in [-0.05, 0) is 41.5 Å². The van der Waals surface area contributed by atoms with E-state index in [1.807, 2.05) is 41.4 Å². The fourth-order valence-electron chi connectivity index (χ4n) is 4.56. The van der Waals surface area contributed by atoms with E-state index in [4.69, 9.17) is 11.6 Å². The molecule has 0 spiro atoms. The molecular weight excluding hydrogens is 364 g/mol. The Kier molecular flexibility index (Phi) is 3.49. The molecule has 3 aliphatic heterocycles. The Morgan fingerprint density at radius 1 is 0.963 bits per heavy atom. The van der Waals surface area contributed by atoms with Crippen molar-refractivity contribution in [2.45, 2.75) is 12.1 Å². The van der Waals surface area contributed by atoms with E-state index in [2.05, 4.69) is 5.32 Å². The molecule has 4 atom stereocenters. The molecule has 3 heterocycles. The third kappa shape index (κ3) is 2.28. The minimum atomic E-state index is -0.725. The van der Waals surface area contributed by atoms with Gasteiger partial charge in [-0.3, -0.25) is 19.7 Å². The smallest absolute Gasteiger partial charge is 0.233 e. The fraction of sp³-hybridized carbons (Fsp3) is 0.190. The topological polar surface area (TPSA) is 66.5 Å². The molecule has 5 rings (SSSR count). The van der Waals surface area contributed by atoms with E-state index >= 15 is 0 Å². The highest BCUT2D eigenvalue weighted by Crippen LogP contribution is 2.51. The van der Waals surface area contributed by atoms with Gasteiger partial charge in [-0.1, -0.05) is 35.9 Å². The highest BCUT2D eigenvalue weighted by Gasteiger charge is 2.61. The quantitative estimate of drug-likeness (QED) is 0.644. The average Bonchev–Trinajstić information content (AvgIpc) is 3.17. The lowest BCUT2D eigenvalue weighted by Crippen LogP contribution is -2.42. The molecule has 0 unspecified atom stereocenters. The summed E-state index contributed by atoms with van der Waals surface area (Å²) >= 11 is 5.93. The number of Topliss-reactive ketones (excluding diaryl/α,β-unsaturated/α-hetero) is 1. The van der Waals surface area contributed by atoms with E-state index in [-0.39, 0.29) is 23.6 Å². The Bertz CT molecular complexity index is 1010. The van der Waals surface area contributed by atoms with Crippen molar-refractivity contribution >= 4 is 35.3 Å². The second-order valence-electron chi connectivity index (χ2n) is 7.06. The van der Waals surface area contributed by atoms with Gasteiger partial charge in [0, 0.05) is 16.8 Å². The van der Waals surface area contributed by atoms with E-state index < -0.39 is 17.9 Å². The third-order valence-corrected chi connectivity index (χ3v) is 5.95. The summed E-state index contributed by atoms with van der Waals surface area (Å²) in [4.78, 5) is 40.3. The number of ketones is 1. The van der Waals surface area contributed by atoms with Crippen LogP contribution >= 0.6 is 11.6 Å². The Labute approximate surface area is 160 Å². The van der Waals surface area contributed by atoms with Gasteiger partial charge in [0.2, 0.25) is 11.8 Å². The number of nitrogens with one attached hydrogen (secondary N) is 1. The number of benzene rings is 2. The first-order valence-electron chi connectivity index (χ1n) is 8.75. The normalized spacial score (nSPS) is 27.8. The van der Waals surface area contributed by atoms with Crippen molar-refractivity contribution in [2.75, 3.05) is 0 Å². The van der Waals surface area contributed by atoms with Crippen LogP contribution in [0.5, 0.6) is 0 Å². The van der Waals surface area contributed by atoms with Crippen molar-refractivity contribution in [1.29, 1.82) is 0 Å². The minimum Gasteiger partial charge on any atom is -0.358 e. The molecule has 0 aliphatic carbocycles. The maximum Gasteiger partial charge on any atom is 0.233 e. The molecule has 2 amide bonds. The number of amides is 2. The van der Waals surface area contributed by atoms with Crippen LogP contribution in [0.4, 0.5) is 0 Å². The highest BCUT2D eigenvalue weighted by atomic mass is 35.5. The molecule has 0 bridgehead atoms. The summed E-state index contributed by atoms with van der Waals surface area (Å²) in [5.41, 5.74) is 2.44. The van der Waals surface area contributed by atoms with Crippen LogP contribution in [0.15, 0.2) is 54.7 Å². The van der Waals surface area contributed by atoms with Crippen LogP contribution in [0.2, 0.25) is 5.02 Å². The van der Waals surface area contributed by atoms with Gasteiger partial charge in [-0.2, -0.15) is 0 Å². The molecule has 27 heavy (non-hydrogen) atoms. The van der Waals surface area contributed by atoms with Gasteiger partial charge in [0.1, 0.15) is 6.04 Å². The number of rotatable bonds is 2. The molecule has 0 radical (unpaired) electrons. The molecular formula is C21H15ClN2O3. The third-order valence-electron chi connectivity index (χ3n) is 5.70. The standard InChI is InChI=1S/C21H15ClN2O3/c22-13-7-5-12(6-8-13)19(25)18-16-15(20(26)23-21(16)27)17-14-4-2-1-3-11(14)9-10-24(17)18/h1-10,15-18H,(H,23,26,27)/t15-,16+,17+,18+/m0/s1. The summed E-state index contributed by atoms with van der Waals surface area (Å²) in [5.74, 6) is -2.15. The number of fused-ring (bicyclic) bond motifs is 5. The summed E-state index contributed by atoms with van der Waals surface area (Å²) in [6.07, 6.45) is 3.77.